The van der Waals surface area contributed by atoms with Crippen molar-refractivity contribution < 1.29 is 4.79 Å². The van der Waals surface area contributed by atoms with Gasteiger partial charge in [0.1, 0.15) is 5.69 Å². The van der Waals surface area contributed by atoms with Crippen LogP contribution < -0.4 is 5.32 Å². The van der Waals surface area contributed by atoms with Gasteiger partial charge in [0.15, 0.2) is 5.16 Å². The van der Waals surface area contributed by atoms with Crippen LogP contribution in [0.1, 0.15) is 21.7 Å². The number of nitrogens with one attached hydrogen (secondary N) is 2. The van der Waals surface area contributed by atoms with Crippen molar-refractivity contribution in [3.63, 3.8) is 0 Å². The van der Waals surface area contributed by atoms with E-state index in [1.54, 1.807) is 6.07 Å². The molecule has 0 bridgehead atoms. The second kappa shape index (κ2) is 6.83. The highest BCUT2D eigenvalue weighted by atomic mass is 32.2. The average molecular weight is 326 g/mol. The molecule has 0 spiro atoms. The van der Waals surface area contributed by atoms with Crippen LogP contribution in [0.5, 0.6) is 0 Å². The van der Waals surface area contributed by atoms with E-state index in [1.165, 1.54) is 22.7 Å². The van der Waals surface area contributed by atoms with Gasteiger partial charge in [0.05, 0.1) is 0 Å². The molecule has 0 radical (unpaired) electrons. The molecule has 6 heteroatoms. The van der Waals surface area contributed by atoms with Gasteiger partial charge in [-0.15, -0.1) is 0 Å². The van der Waals surface area contributed by atoms with Crippen LogP contribution in [0.25, 0.3) is 10.9 Å². The van der Waals surface area contributed by atoms with Gasteiger partial charge in [0, 0.05) is 29.3 Å². The van der Waals surface area contributed by atoms with E-state index < -0.39 is 0 Å². The molecule has 23 heavy (non-hydrogen) atoms. The number of rotatable bonds is 5. The number of fused-ring (bicyclic) bond motifs is 1. The van der Waals surface area contributed by atoms with E-state index >= 15 is 0 Å². The van der Waals surface area contributed by atoms with Crippen molar-refractivity contribution in [2.75, 3.05) is 12.8 Å². The minimum atomic E-state index is -0.161. The summed E-state index contributed by atoms with van der Waals surface area (Å²) in [4.78, 5) is 24.0. The van der Waals surface area contributed by atoms with E-state index in [1.807, 2.05) is 37.6 Å². The molecule has 118 valence electrons. The number of hydrogen-bond acceptors (Lipinski definition) is 4. The van der Waals surface area contributed by atoms with E-state index in [4.69, 9.17) is 0 Å². The Balaban J connectivity index is 1.64. The molecule has 2 N–H and O–H groups in total. The van der Waals surface area contributed by atoms with Crippen LogP contribution in [0.2, 0.25) is 0 Å². The lowest BCUT2D eigenvalue weighted by Crippen LogP contribution is -2.26. The maximum Gasteiger partial charge on any atom is 0.270 e. The third-order valence-electron chi connectivity index (χ3n) is 3.60. The van der Waals surface area contributed by atoms with Crippen LogP contribution in [-0.4, -0.2) is 33.7 Å². The van der Waals surface area contributed by atoms with Crippen LogP contribution in [0.15, 0.2) is 41.7 Å². The zero-order valence-corrected chi connectivity index (χ0v) is 13.9. The van der Waals surface area contributed by atoms with Gasteiger partial charge in [-0.25, -0.2) is 9.97 Å². The number of aromatic amines is 1. The van der Waals surface area contributed by atoms with E-state index in [2.05, 4.69) is 26.3 Å². The first kappa shape index (κ1) is 15.6. The Hall–Kier alpha value is -2.34. The molecule has 0 atom stereocenters. The summed E-state index contributed by atoms with van der Waals surface area (Å²) in [5, 5.41) is 4.74. The third-order valence-corrected chi connectivity index (χ3v) is 4.15. The number of hydrogen-bond donors (Lipinski definition) is 2. The highest BCUT2D eigenvalue weighted by molar-refractivity contribution is 7.98. The zero-order valence-electron chi connectivity index (χ0n) is 13.1. The molecule has 0 saturated carbocycles. The monoisotopic (exact) mass is 326 g/mol. The highest BCUT2D eigenvalue weighted by Crippen LogP contribution is 2.17. The first-order valence-corrected chi connectivity index (χ1v) is 8.62. The van der Waals surface area contributed by atoms with Crippen molar-refractivity contribution in [1.29, 1.82) is 0 Å². The van der Waals surface area contributed by atoms with Gasteiger partial charge in [0.25, 0.3) is 5.91 Å². The molecule has 0 saturated heterocycles. The number of aromatic nitrogens is 3. The van der Waals surface area contributed by atoms with E-state index in [0.717, 1.165) is 17.6 Å². The van der Waals surface area contributed by atoms with E-state index in [9.17, 15) is 4.79 Å². The van der Waals surface area contributed by atoms with Crippen molar-refractivity contribution in [2.45, 2.75) is 18.5 Å². The predicted molar refractivity (Wildman–Crippen MR) is 92.9 cm³/mol. The molecular formula is C17H18N4OS. The topological polar surface area (TPSA) is 70.7 Å². The van der Waals surface area contributed by atoms with Crippen molar-refractivity contribution >= 4 is 28.6 Å². The lowest BCUT2D eigenvalue weighted by atomic mass is 10.1. The Morgan fingerprint density at radius 1 is 1.30 bits per heavy atom. The van der Waals surface area contributed by atoms with Gasteiger partial charge < -0.3 is 10.3 Å². The first-order chi connectivity index (χ1) is 11.2. The van der Waals surface area contributed by atoms with Crippen LogP contribution in [0.4, 0.5) is 0 Å². The number of para-hydroxylation sites is 1. The van der Waals surface area contributed by atoms with Crippen molar-refractivity contribution in [2.24, 2.45) is 0 Å². The summed E-state index contributed by atoms with van der Waals surface area (Å²) in [6.07, 6.45) is 4.67. The summed E-state index contributed by atoms with van der Waals surface area (Å²) in [5.41, 5.74) is 3.53. The Kier molecular flexibility index (Phi) is 4.62. The fraction of sp³-hybridized carbons (Fsp3) is 0.235. The molecule has 3 aromatic rings. The SMILES string of the molecule is CSc1nc(C)cc(C(=O)NCCc2c[nH]c3ccccc23)n1. The normalized spacial score (nSPS) is 10.9. The number of carbonyl (C=O) groups excluding carboxylic acids is 1. The third kappa shape index (κ3) is 3.53. The summed E-state index contributed by atoms with van der Waals surface area (Å²) in [7, 11) is 0. The van der Waals surface area contributed by atoms with Gasteiger partial charge in [-0.1, -0.05) is 30.0 Å². The smallest absolute Gasteiger partial charge is 0.270 e. The van der Waals surface area contributed by atoms with E-state index in [0.29, 0.717) is 17.4 Å². The van der Waals surface area contributed by atoms with Gasteiger partial charge in [-0.2, -0.15) is 0 Å². The summed E-state index contributed by atoms with van der Waals surface area (Å²) in [6.45, 7) is 2.43. The molecule has 2 heterocycles. The minimum absolute atomic E-state index is 0.161. The number of amides is 1. The molecule has 1 aromatic carbocycles. The standard InChI is InChI=1S/C17H18N4OS/c1-11-9-15(21-17(20-11)23-2)16(22)18-8-7-12-10-19-14-6-4-3-5-13(12)14/h3-6,9-10,19H,7-8H2,1-2H3,(H,18,22). The molecule has 1 amide bonds. The van der Waals surface area contributed by atoms with Crippen molar-refractivity contribution in [3.8, 4) is 0 Å². The van der Waals surface area contributed by atoms with Crippen molar-refractivity contribution in [1.82, 2.24) is 20.3 Å². The Morgan fingerprint density at radius 3 is 2.96 bits per heavy atom. The van der Waals surface area contributed by atoms with E-state index in [-0.39, 0.29) is 5.91 Å². The second-order valence-electron chi connectivity index (χ2n) is 5.25. The molecule has 0 aliphatic rings. The second-order valence-corrected chi connectivity index (χ2v) is 6.02. The lowest BCUT2D eigenvalue weighted by molar-refractivity contribution is 0.0948. The Morgan fingerprint density at radius 2 is 2.13 bits per heavy atom. The van der Waals surface area contributed by atoms with Crippen LogP contribution in [0.3, 0.4) is 0 Å². The summed E-state index contributed by atoms with van der Waals surface area (Å²) in [6, 6.07) is 9.87. The summed E-state index contributed by atoms with van der Waals surface area (Å²) < 4.78 is 0. The number of aryl methyl sites for hydroxylation is 1. The number of carbonyl (C=O) groups is 1. The molecule has 0 aliphatic heterocycles. The minimum Gasteiger partial charge on any atom is -0.361 e. The molecule has 2 aromatic heterocycles. The summed E-state index contributed by atoms with van der Waals surface area (Å²) in [5.74, 6) is -0.161. The fourth-order valence-electron chi connectivity index (χ4n) is 2.49. The average Bonchev–Trinajstić information content (AvgIpc) is 2.97. The number of thioether (sulfide) groups is 1. The van der Waals surface area contributed by atoms with Gasteiger partial charge >= 0.3 is 0 Å². The Labute approximate surface area is 138 Å². The number of H-pyrrole nitrogens is 1. The van der Waals surface area contributed by atoms with Gasteiger partial charge in [0.2, 0.25) is 0 Å². The number of nitrogens with zero attached hydrogens (tertiary/aromatic N) is 2. The maximum absolute atomic E-state index is 12.2. The van der Waals surface area contributed by atoms with Crippen LogP contribution >= 0.6 is 11.8 Å². The fourth-order valence-corrected chi connectivity index (χ4v) is 2.91. The molecule has 0 aliphatic carbocycles. The first-order valence-electron chi connectivity index (χ1n) is 7.40. The summed E-state index contributed by atoms with van der Waals surface area (Å²) >= 11 is 1.43. The van der Waals surface area contributed by atoms with Crippen LogP contribution in [0, 0.1) is 6.92 Å². The quantitative estimate of drug-likeness (QED) is 0.558. The van der Waals surface area contributed by atoms with Gasteiger partial charge in [-0.05, 0) is 37.3 Å². The zero-order chi connectivity index (χ0) is 16.2. The number of benzene rings is 1. The largest absolute Gasteiger partial charge is 0.361 e. The predicted octanol–water partition coefficient (Wildman–Crippen LogP) is 2.96. The van der Waals surface area contributed by atoms with Crippen LogP contribution in [-0.2, 0) is 6.42 Å². The van der Waals surface area contributed by atoms with Gasteiger partial charge in [-0.3, -0.25) is 4.79 Å². The van der Waals surface area contributed by atoms with Crippen molar-refractivity contribution in [3.05, 3.63) is 53.5 Å². The lowest BCUT2D eigenvalue weighted by Gasteiger charge is -2.06. The highest BCUT2D eigenvalue weighted by Gasteiger charge is 2.10. The molecule has 0 fully saturated rings. The molecular weight excluding hydrogens is 308 g/mol. The molecule has 3 rings (SSSR count). The molecule has 0 unspecified atom stereocenters. The molecule has 5 nitrogen and oxygen atoms in total. The Bertz CT molecular complexity index is 843. The maximum atomic E-state index is 12.2.